The lowest BCUT2D eigenvalue weighted by Crippen LogP contribution is -2.43. The van der Waals surface area contributed by atoms with E-state index >= 15 is 0 Å². The molecule has 0 saturated carbocycles. The van der Waals surface area contributed by atoms with Gasteiger partial charge in [0, 0.05) is 24.4 Å². The molecule has 3 N–H and O–H groups in total. The summed E-state index contributed by atoms with van der Waals surface area (Å²) in [5, 5.41) is 3.57. The second-order valence-electron chi connectivity index (χ2n) is 5.06. The van der Waals surface area contributed by atoms with Gasteiger partial charge in [-0.25, -0.2) is 9.78 Å². The number of hydrogen-bond acceptors (Lipinski definition) is 4. The van der Waals surface area contributed by atoms with Crippen LogP contribution in [-0.2, 0) is 19.4 Å². The fourth-order valence-corrected chi connectivity index (χ4v) is 3.35. The molecule has 2 amide bonds. The Kier molecular flexibility index (Phi) is 4.06. The summed E-state index contributed by atoms with van der Waals surface area (Å²) >= 11 is 1.48. The molecular weight excluding hydrogens is 284 g/mol. The minimum absolute atomic E-state index is 0.0106. The molecule has 21 heavy (non-hydrogen) atoms. The van der Waals surface area contributed by atoms with Crippen molar-refractivity contribution in [1.82, 2.24) is 15.2 Å². The maximum atomic E-state index is 12.2. The number of thiazole rings is 1. The molecule has 0 spiro atoms. The zero-order chi connectivity index (χ0) is 14.7. The molecule has 1 aliphatic rings. The quantitative estimate of drug-likeness (QED) is 0.911. The van der Waals surface area contributed by atoms with Gasteiger partial charge in [-0.15, -0.1) is 11.3 Å². The Morgan fingerprint density at radius 2 is 2.19 bits per heavy atom. The van der Waals surface area contributed by atoms with E-state index in [2.05, 4.69) is 22.4 Å². The first-order chi connectivity index (χ1) is 10.2. The van der Waals surface area contributed by atoms with Gasteiger partial charge in [0.05, 0.1) is 12.2 Å². The van der Waals surface area contributed by atoms with Crippen LogP contribution >= 0.6 is 11.3 Å². The number of benzene rings is 1. The maximum absolute atomic E-state index is 12.2. The highest BCUT2D eigenvalue weighted by Gasteiger charge is 2.23. The predicted octanol–water partition coefficient (Wildman–Crippen LogP) is 2.04. The number of nitrogens with zero attached hydrogens (tertiary/aromatic N) is 2. The van der Waals surface area contributed by atoms with Crippen molar-refractivity contribution in [1.29, 1.82) is 0 Å². The van der Waals surface area contributed by atoms with Gasteiger partial charge in [0.1, 0.15) is 0 Å². The predicted molar refractivity (Wildman–Crippen MR) is 84.2 cm³/mol. The van der Waals surface area contributed by atoms with E-state index in [9.17, 15) is 4.79 Å². The summed E-state index contributed by atoms with van der Waals surface area (Å²) in [4.78, 5) is 19.4. The number of urea groups is 1. The van der Waals surface area contributed by atoms with Crippen LogP contribution in [0.2, 0.25) is 0 Å². The van der Waals surface area contributed by atoms with Gasteiger partial charge >= 0.3 is 6.03 Å². The third-order valence-corrected chi connectivity index (χ3v) is 4.48. The molecule has 2 aromatic rings. The Balaban J connectivity index is 1.50. The van der Waals surface area contributed by atoms with Gasteiger partial charge in [0.15, 0.2) is 5.13 Å². The van der Waals surface area contributed by atoms with Crippen molar-refractivity contribution in [3.8, 4) is 0 Å². The number of fused-ring (bicyclic) bond motifs is 1. The van der Waals surface area contributed by atoms with Gasteiger partial charge < -0.3 is 16.0 Å². The monoisotopic (exact) mass is 302 g/mol. The summed E-state index contributed by atoms with van der Waals surface area (Å²) in [5.74, 6) is 0. The van der Waals surface area contributed by atoms with E-state index in [0.717, 1.165) is 23.4 Å². The van der Waals surface area contributed by atoms with Crippen molar-refractivity contribution < 1.29 is 4.79 Å². The van der Waals surface area contributed by atoms with Crippen LogP contribution in [0.25, 0.3) is 0 Å². The average Bonchev–Trinajstić information content (AvgIpc) is 2.87. The fraction of sp³-hybridized carbons (Fsp3) is 0.333. The van der Waals surface area contributed by atoms with Crippen LogP contribution in [0.5, 0.6) is 0 Å². The molecule has 0 radical (unpaired) electrons. The first-order valence-corrected chi connectivity index (χ1v) is 7.85. The molecule has 0 atom stereocenters. The van der Waals surface area contributed by atoms with Crippen molar-refractivity contribution in [2.45, 2.75) is 19.4 Å². The number of aromatic nitrogens is 1. The summed E-state index contributed by atoms with van der Waals surface area (Å²) < 4.78 is 0. The number of carbonyl (C=O) groups is 1. The SMILES string of the molecule is Nc1nc2c(s1)CN(C(=O)NCCc1ccccc1)CC2. The molecule has 3 rings (SSSR count). The molecule has 0 fully saturated rings. The zero-order valence-corrected chi connectivity index (χ0v) is 12.5. The summed E-state index contributed by atoms with van der Waals surface area (Å²) in [7, 11) is 0. The topological polar surface area (TPSA) is 71.2 Å². The minimum Gasteiger partial charge on any atom is -0.375 e. The van der Waals surface area contributed by atoms with Gasteiger partial charge in [-0.05, 0) is 12.0 Å². The first kappa shape index (κ1) is 13.9. The van der Waals surface area contributed by atoms with Crippen molar-refractivity contribution in [3.05, 3.63) is 46.5 Å². The molecular formula is C15H18N4OS. The lowest BCUT2D eigenvalue weighted by atomic mass is 10.1. The third-order valence-electron chi connectivity index (χ3n) is 3.57. The number of rotatable bonds is 3. The number of nitrogens with two attached hydrogens (primary N) is 1. The Hall–Kier alpha value is -2.08. The minimum atomic E-state index is -0.0106. The van der Waals surface area contributed by atoms with E-state index in [1.165, 1.54) is 16.9 Å². The normalized spacial score (nSPS) is 13.8. The number of amides is 2. The largest absolute Gasteiger partial charge is 0.375 e. The van der Waals surface area contributed by atoms with Crippen molar-refractivity contribution in [2.75, 3.05) is 18.8 Å². The number of nitrogens with one attached hydrogen (secondary N) is 1. The molecule has 0 bridgehead atoms. The first-order valence-electron chi connectivity index (χ1n) is 7.03. The van der Waals surface area contributed by atoms with E-state index in [1.54, 1.807) is 0 Å². The lowest BCUT2D eigenvalue weighted by molar-refractivity contribution is 0.193. The van der Waals surface area contributed by atoms with Gasteiger partial charge in [0.25, 0.3) is 0 Å². The van der Waals surface area contributed by atoms with Crippen molar-refractivity contribution in [2.24, 2.45) is 0 Å². The van der Waals surface area contributed by atoms with Crippen LogP contribution < -0.4 is 11.1 Å². The molecule has 1 aromatic heterocycles. The molecule has 1 aromatic carbocycles. The van der Waals surface area contributed by atoms with Crippen molar-refractivity contribution in [3.63, 3.8) is 0 Å². The van der Waals surface area contributed by atoms with Gasteiger partial charge in [-0.1, -0.05) is 30.3 Å². The van der Waals surface area contributed by atoms with E-state index in [-0.39, 0.29) is 6.03 Å². The molecule has 0 aliphatic carbocycles. The van der Waals surface area contributed by atoms with E-state index in [0.29, 0.717) is 24.8 Å². The highest BCUT2D eigenvalue weighted by Crippen LogP contribution is 2.26. The van der Waals surface area contributed by atoms with Gasteiger partial charge in [-0.2, -0.15) is 0 Å². The molecule has 6 heteroatoms. The van der Waals surface area contributed by atoms with Crippen LogP contribution in [0.1, 0.15) is 16.1 Å². The maximum Gasteiger partial charge on any atom is 0.317 e. The van der Waals surface area contributed by atoms with Crippen LogP contribution in [0, 0.1) is 0 Å². The highest BCUT2D eigenvalue weighted by atomic mass is 32.1. The smallest absolute Gasteiger partial charge is 0.317 e. The molecule has 2 heterocycles. The number of anilines is 1. The number of hydrogen-bond donors (Lipinski definition) is 2. The third kappa shape index (κ3) is 3.33. The Morgan fingerprint density at radius 3 is 3.00 bits per heavy atom. The van der Waals surface area contributed by atoms with Crippen molar-refractivity contribution >= 4 is 22.5 Å². The lowest BCUT2D eigenvalue weighted by Gasteiger charge is -2.26. The summed E-state index contributed by atoms with van der Waals surface area (Å²) in [6.45, 7) is 1.96. The Morgan fingerprint density at radius 1 is 1.38 bits per heavy atom. The average molecular weight is 302 g/mol. The van der Waals surface area contributed by atoms with E-state index < -0.39 is 0 Å². The van der Waals surface area contributed by atoms with Crippen LogP contribution in [-0.4, -0.2) is 29.0 Å². The second-order valence-corrected chi connectivity index (χ2v) is 6.18. The number of carbonyl (C=O) groups excluding carboxylic acids is 1. The standard InChI is InChI=1S/C15H18N4OS/c16-14-18-12-7-9-19(10-13(12)21-14)15(20)17-8-6-11-4-2-1-3-5-11/h1-5H,6-10H2,(H2,16,18)(H,17,20). The highest BCUT2D eigenvalue weighted by molar-refractivity contribution is 7.15. The van der Waals surface area contributed by atoms with Crippen LogP contribution in [0.15, 0.2) is 30.3 Å². The molecule has 5 nitrogen and oxygen atoms in total. The molecule has 110 valence electrons. The number of nitrogen functional groups attached to an aromatic ring is 1. The van der Waals surface area contributed by atoms with Crippen LogP contribution in [0.3, 0.4) is 0 Å². The molecule has 0 unspecified atom stereocenters. The molecule has 0 saturated heterocycles. The van der Waals surface area contributed by atoms with Gasteiger partial charge in [-0.3, -0.25) is 0 Å². The summed E-state index contributed by atoms with van der Waals surface area (Å²) in [6, 6.07) is 10.1. The zero-order valence-electron chi connectivity index (χ0n) is 11.7. The second kappa shape index (κ2) is 6.13. The van der Waals surface area contributed by atoms with E-state index in [1.807, 2.05) is 23.1 Å². The summed E-state index contributed by atoms with van der Waals surface area (Å²) in [5.41, 5.74) is 7.99. The van der Waals surface area contributed by atoms with E-state index in [4.69, 9.17) is 5.73 Å². The fourth-order valence-electron chi connectivity index (χ4n) is 2.46. The molecule has 1 aliphatic heterocycles. The Bertz CT molecular complexity index is 626. The Labute approximate surface area is 127 Å². The van der Waals surface area contributed by atoms with Gasteiger partial charge in [0.2, 0.25) is 0 Å². The summed E-state index contributed by atoms with van der Waals surface area (Å²) in [6.07, 6.45) is 1.63. The van der Waals surface area contributed by atoms with Crippen LogP contribution in [0.4, 0.5) is 9.93 Å².